The number of hydrogen-bond acceptors (Lipinski definition) is 2. The lowest BCUT2D eigenvalue weighted by atomic mass is 9.49. The fraction of sp³-hybridized carbons (Fsp3) is 0.950. The molecule has 1 heterocycles. The molecule has 1 N–H and O–H groups in total. The quantitative estimate of drug-likeness (QED) is 0.807. The molecule has 0 saturated heterocycles. The van der Waals surface area contributed by atoms with Crippen molar-refractivity contribution < 1.29 is 9.68 Å². The van der Waals surface area contributed by atoms with Gasteiger partial charge in [-0.25, -0.2) is 0 Å². The minimum Gasteiger partial charge on any atom is -0.392 e. The van der Waals surface area contributed by atoms with Gasteiger partial charge in [0.1, 0.15) is 19.1 Å². The first kappa shape index (κ1) is 15.9. The molecule has 1 atom stereocenters. The summed E-state index contributed by atoms with van der Waals surface area (Å²) in [6, 6.07) is 0.240. The van der Waals surface area contributed by atoms with Crippen LogP contribution < -0.4 is 0 Å². The van der Waals surface area contributed by atoms with E-state index in [0.717, 1.165) is 30.8 Å². The van der Waals surface area contributed by atoms with Gasteiger partial charge in [-0.1, -0.05) is 20.8 Å². The summed E-state index contributed by atoms with van der Waals surface area (Å²) in [7, 11) is 0. The molecule has 0 unspecified atom stereocenters. The molecule has 4 bridgehead atoms. The highest BCUT2D eigenvalue weighted by atomic mass is 16.3. The van der Waals surface area contributed by atoms with Gasteiger partial charge in [0, 0.05) is 10.8 Å². The van der Waals surface area contributed by atoms with Crippen molar-refractivity contribution in [2.45, 2.75) is 65.3 Å². The molecule has 0 aromatic heterocycles. The van der Waals surface area contributed by atoms with E-state index in [1.807, 2.05) is 0 Å². The van der Waals surface area contributed by atoms with Gasteiger partial charge in [0.05, 0.1) is 13.2 Å². The highest BCUT2D eigenvalue weighted by molar-refractivity contribution is 5.51. The molecule has 0 aromatic rings. The van der Waals surface area contributed by atoms with Gasteiger partial charge < -0.3 is 5.11 Å². The smallest absolute Gasteiger partial charge is 0.234 e. The van der Waals surface area contributed by atoms with Crippen LogP contribution in [0, 0.1) is 28.6 Å². The number of nitrogens with zero attached hydrogens (tertiary/aromatic N) is 2. The lowest BCUT2D eigenvalue weighted by Crippen LogP contribution is -2.49. The molecule has 0 aromatic carbocycles. The van der Waals surface area contributed by atoms with Gasteiger partial charge in [-0.2, -0.15) is 0 Å². The van der Waals surface area contributed by atoms with Gasteiger partial charge in [-0.3, -0.25) is 9.48 Å². The average molecular weight is 320 g/mol. The van der Waals surface area contributed by atoms with Crippen molar-refractivity contribution in [2.24, 2.45) is 28.6 Å². The van der Waals surface area contributed by atoms with Crippen LogP contribution in [0.15, 0.2) is 0 Å². The van der Waals surface area contributed by atoms with E-state index in [1.165, 1.54) is 45.1 Å². The summed E-state index contributed by atoms with van der Waals surface area (Å²) in [5.74, 6) is 3.12. The second-order valence-corrected chi connectivity index (χ2v) is 10.3. The van der Waals surface area contributed by atoms with Gasteiger partial charge in [-0.05, 0) is 56.3 Å². The zero-order valence-electron chi connectivity index (χ0n) is 15.3. The van der Waals surface area contributed by atoms with Crippen molar-refractivity contribution >= 4 is 6.34 Å². The van der Waals surface area contributed by atoms with Crippen molar-refractivity contribution in [1.29, 1.82) is 0 Å². The molecule has 1 aliphatic heterocycles. The van der Waals surface area contributed by atoms with Crippen LogP contribution in [0.4, 0.5) is 0 Å². The molecule has 0 radical (unpaired) electrons. The maximum atomic E-state index is 9.83. The van der Waals surface area contributed by atoms with Crippen LogP contribution in [0.3, 0.4) is 0 Å². The first-order valence-electron chi connectivity index (χ1n) is 9.82. The zero-order valence-corrected chi connectivity index (χ0v) is 15.3. The molecule has 3 nitrogen and oxygen atoms in total. The number of hydrogen-bond donors (Lipinski definition) is 1. The minimum atomic E-state index is 0.127. The van der Waals surface area contributed by atoms with E-state index in [-0.39, 0.29) is 18.1 Å². The Labute approximate surface area is 141 Å². The number of aliphatic hydroxyl groups is 1. The van der Waals surface area contributed by atoms with Crippen LogP contribution in [-0.2, 0) is 0 Å². The van der Waals surface area contributed by atoms with Crippen LogP contribution in [-0.4, -0.2) is 53.2 Å². The summed E-state index contributed by atoms with van der Waals surface area (Å²) >= 11 is 0. The summed E-state index contributed by atoms with van der Waals surface area (Å²) < 4.78 is 2.58. The van der Waals surface area contributed by atoms with Crippen molar-refractivity contribution in [1.82, 2.24) is 4.90 Å². The Hall–Kier alpha value is -0.570. The monoisotopic (exact) mass is 319 g/mol. The predicted octanol–water partition coefficient (Wildman–Crippen LogP) is 2.97. The largest absolute Gasteiger partial charge is 0.392 e. The predicted molar refractivity (Wildman–Crippen MR) is 93.7 cm³/mol. The van der Waals surface area contributed by atoms with Gasteiger partial charge in [0.25, 0.3) is 0 Å². The Morgan fingerprint density at radius 2 is 1.70 bits per heavy atom. The van der Waals surface area contributed by atoms with Gasteiger partial charge in [0.15, 0.2) is 0 Å². The molecular formula is C20H35N2O+. The molecule has 4 saturated carbocycles. The summed E-state index contributed by atoms with van der Waals surface area (Å²) in [6.45, 7) is 10.5. The van der Waals surface area contributed by atoms with E-state index in [2.05, 4.69) is 36.6 Å². The molecule has 0 amide bonds. The fourth-order valence-corrected chi connectivity index (χ4v) is 6.72. The Kier molecular flexibility index (Phi) is 3.79. The summed E-state index contributed by atoms with van der Waals surface area (Å²) in [6.07, 6.45) is 11.4. The van der Waals surface area contributed by atoms with Crippen molar-refractivity contribution in [3.63, 3.8) is 0 Å². The lowest BCUT2D eigenvalue weighted by Gasteiger charge is -2.56. The average Bonchev–Trinajstić information content (AvgIpc) is 2.83. The normalized spacial score (nSPS) is 40.6. The van der Waals surface area contributed by atoms with Crippen LogP contribution in [0.5, 0.6) is 0 Å². The summed E-state index contributed by atoms with van der Waals surface area (Å²) in [5.41, 5.74) is 0.750. The van der Waals surface area contributed by atoms with Gasteiger partial charge in [-0.15, -0.1) is 0 Å². The third kappa shape index (κ3) is 2.94. The Balaban J connectivity index is 1.46. The maximum absolute atomic E-state index is 9.83. The van der Waals surface area contributed by atoms with E-state index in [9.17, 15) is 5.11 Å². The first-order chi connectivity index (χ1) is 10.9. The Morgan fingerprint density at radius 1 is 1.13 bits per heavy atom. The van der Waals surface area contributed by atoms with Crippen LogP contribution in [0.25, 0.3) is 0 Å². The van der Waals surface area contributed by atoms with Gasteiger partial charge in [0.2, 0.25) is 6.34 Å². The van der Waals surface area contributed by atoms with Crippen molar-refractivity contribution in [3.05, 3.63) is 0 Å². The SMILES string of the molecule is CC(C)(C)[C@@H](CO)N1C=[N+](CC23CC4CC(CC(C4)C2)C3)CC1. The highest BCUT2D eigenvalue weighted by Gasteiger charge is 2.52. The molecule has 5 rings (SSSR count). The third-order valence-electron chi connectivity index (χ3n) is 7.23. The number of rotatable bonds is 4. The molecule has 4 fully saturated rings. The van der Waals surface area contributed by atoms with Crippen molar-refractivity contribution in [2.75, 3.05) is 26.2 Å². The van der Waals surface area contributed by atoms with Crippen LogP contribution >= 0.6 is 0 Å². The molecule has 0 spiro atoms. The van der Waals surface area contributed by atoms with E-state index < -0.39 is 0 Å². The molecule has 5 aliphatic rings. The second-order valence-electron chi connectivity index (χ2n) is 10.3. The molecule has 130 valence electrons. The molecular weight excluding hydrogens is 284 g/mol. The summed E-state index contributed by atoms with van der Waals surface area (Å²) in [5, 5.41) is 9.83. The summed E-state index contributed by atoms with van der Waals surface area (Å²) in [4.78, 5) is 2.40. The maximum Gasteiger partial charge on any atom is 0.234 e. The van der Waals surface area contributed by atoms with E-state index >= 15 is 0 Å². The molecule has 23 heavy (non-hydrogen) atoms. The third-order valence-corrected chi connectivity index (χ3v) is 7.23. The lowest BCUT2D eigenvalue weighted by molar-refractivity contribution is -0.534. The fourth-order valence-electron chi connectivity index (χ4n) is 6.72. The molecule has 4 aliphatic carbocycles. The highest BCUT2D eigenvalue weighted by Crippen LogP contribution is 2.60. The second kappa shape index (κ2) is 5.47. The minimum absolute atomic E-state index is 0.127. The molecule has 3 heteroatoms. The van der Waals surface area contributed by atoms with E-state index in [0.29, 0.717) is 5.41 Å². The number of aliphatic hydroxyl groups excluding tert-OH is 1. The Morgan fingerprint density at radius 3 is 2.17 bits per heavy atom. The van der Waals surface area contributed by atoms with Crippen LogP contribution in [0.2, 0.25) is 0 Å². The van der Waals surface area contributed by atoms with Crippen molar-refractivity contribution in [3.8, 4) is 0 Å². The zero-order chi connectivity index (χ0) is 16.2. The van der Waals surface area contributed by atoms with Gasteiger partial charge >= 0.3 is 0 Å². The topological polar surface area (TPSA) is 26.5 Å². The van der Waals surface area contributed by atoms with E-state index in [4.69, 9.17) is 0 Å². The first-order valence-corrected chi connectivity index (χ1v) is 9.82. The van der Waals surface area contributed by atoms with Crippen LogP contribution in [0.1, 0.15) is 59.3 Å². The van der Waals surface area contributed by atoms with E-state index in [1.54, 1.807) is 0 Å². The standard InChI is InChI=1S/C20H35N2O/c1-19(2,3)18(12-23)22-5-4-21(14-22)13-20-9-15-6-16(10-20)8-17(7-15)11-20/h14-18,23H,4-13H2,1-3H3/q+1/t15?,16?,17?,18-,20?/m1/s1. The Bertz CT molecular complexity index is 455.